The maximum atomic E-state index is 11.8. The summed E-state index contributed by atoms with van der Waals surface area (Å²) in [6.45, 7) is 1.83. The molecule has 2 aromatic rings. The molecule has 5 heteroatoms. The second kappa shape index (κ2) is 6.38. The summed E-state index contributed by atoms with van der Waals surface area (Å²) < 4.78 is 5.04. The van der Waals surface area contributed by atoms with Crippen molar-refractivity contribution in [2.24, 2.45) is 0 Å². The lowest BCUT2D eigenvalue weighted by molar-refractivity contribution is -0.117. The number of furan rings is 1. The Bertz CT molecular complexity index is 630. The van der Waals surface area contributed by atoms with Crippen LogP contribution in [0.5, 0.6) is 0 Å². The van der Waals surface area contributed by atoms with Crippen molar-refractivity contribution in [3.05, 3.63) is 65.6 Å². The highest BCUT2D eigenvalue weighted by molar-refractivity contribution is 5.98. The Hall–Kier alpha value is -2.82. The summed E-state index contributed by atoms with van der Waals surface area (Å²) in [4.78, 5) is 23.3. The van der Waals surface area contributed by atoms with Crippen LogP contribution in [0.15, 0.2) is 53.2 Å². The fraction of sp³-hybridized carbons (Fsp3) is 0.0667. The smallest absolute Gasteiger partial charge is 0.269 e. The number of carbonyl (C=O) groups excluding carboxylic acids is 2. The van der Waals surface area contributed by atoms with E-state index in [-0.39, 0.29) is 5.91 Å². The van der Waals surface area contributed by atoms with Crippen LogP contribution in [0.4, 0.5) is 0 Å². The summed E-state index contributed by atoms with van der Waals surface area (Å²) in [5.74, 6) is -0.239. The van der Waals surface area contributed by atoms with E-state index < -0.39 is 5.91 Å². The number of carbonyl (C=O) groups is 2. The largest absolute Gasteiger partial charge is 0.465 e. The van der Waals surface area contributed by atoms with Gasteiger partial charge in [-0.05, 0) is 36.8 Å². The molecule has 1 heterocycles. The highest BCUT2D eigenvalue weighted by Crippen LogP contribution is 2.06. The van der Waals surface area contributed by atoms with Crippen LogP contribution in [0, 0.1) is 6.92 Å². The van der Waals surface area contributed by atoms with E-state index in [0.717, 1.165) is 5.56 Å². The van der Waals surface area contributed by atoms with Crippen molar-refractivity contribution in [2.45, 2.75) is 6.92 Å². The number of hydrogen-bond donors (Lipinski definition) is 2. The lowest BCUT2D eigenvalue weighted by Gasteiger charge is -2.07. The Morgan fingerprint density at radius 1 is 1.10 bits per heavy atom. The first-order valence-corrected chi connectivity index (χ1v) is 6.04. The molecule has 0 aliphatic rings. The lowest BCUT2D eigenvalue weighted by atomic mass is 10.1. The van der Waals surface area contributed by atoms with E-state index in [9.17, 15) is 9.59 Å². The molecule has 0 fully saturated rings. The van der Waals surface area contributed by atoms with Crippen LogP contribution in [0.2, 0.25) is 0 Å². The number of hydrazine groups is 1. The molecule has 0 radical (unpaired) electrons. The second-order valence-corrected chi connectivity index (χ2v) is 4.11. The molecule has 0 aliphatic heterocycles. The van der Waals surface area contributed by atoms with Crippen LogP contribution in [-0.2, 0) is 4.79 Å². The fourth-order valence-electron chi connectivity index (χ4n) is 1.60. The predicted octanol–water partition coefficient (Wildman–Crippen LogP) is 2.06. The Kier molecular flexibility index (Phi) is 4.34. The number of nitrogens with one attached hydrogen (secondary N) is 2. The standard InChI is InChI=1S/C15H14N2O3/c1-11-5-2-3-7-13(11)15(19)17-16-14(18)9-8-12-6-4-10-20-12/h2-10H,1H3,(H,16,18)(H,17,19). The van der Waals surface area contributed by atoms with Gasteiger partial charge in [-0.3, -0.25) is 20.4 Å². The zero-order valence-corrected chi connectivity index (χ0v) is 10.9. The SMILES string of the molecule is Cc1ccccc1C(=O)NNC(=O)C=Cc1ccco1. The van der Waals surface area contributed by atoms with Gasteiger partial charge in [-0.2, -0.15) is 0 Å². The highest BCUT2D eigenvalue weighted by atomic mass is 16.3. The quantitative estimate of drug-likeness (QED) is 0.662. The summed E-state index contributed by atoms with van der Waals surface area (Å²) in [5, 5.41) is 0. The zero-order chi connectivity index (χ0) is 14.4. The Morgan fingerprint density at radius 3 is 2.60 bits per heavy atom. The van der Waals surface area contributed by atoms with Crippen molar-refractivity contribution in [3.63, 3.8) is 0 Å². The third kappa shape index (κ3) is 3.58. The summed E-state index contributed by atoms with van der Waals surface area (Å²) in [6, 6.07) is 10.6. The minimum atomic E-state index is -0.441. The molecule has 20 heavy (non-hydrogen) atoms. The topological polar surface area (TPSA) is 71.3 Å². The van der Waals surface area contributed by atoms with E-state index in [1.807, 2.05) is 19.1 Å². The van der Waals surface area contributed by atoms with E-state index in [2.05, 4.69) is 10.9 Å². The van der Waals surface area contributed by atoms with E-state index in [1.54, 1.807) is 24.3 Å². The Balaban J connectivity index is 1.87. The van der Waals surface area contributed by atoms with Gasteiger partial charge >= 0.3 is 0 Å². The number of amides is 2. The first-order chi connectivity index (χ1) is 9.66. The minimum Gasteiger partial charge on any atom is -0.465 e. The molecule has 2 N–H and O–H groups in total. The van der Waals surface area contributed by atoms with Crippen molar-refractivity contribution < 1.29 is 14.0 Å². The van der Waals surface area contributed by atoms with Gasteiger partial charge in [0, 0.05) is 11.6 Å². The molecule has 102 valence electrons. The molecule has 5 nitrogen and oxygen atoms in total. The zero-order valence-electron chi connectivity index (χ0n) is 10.9. The van der Waals surface area contributed by atoms with Gasteiger partial charge < -0.3 is 4.42 Å². The number of rotatable bonds is 3. The van der Waals surface area contributed by atoms with Gasteiger partial charge in [-0.1, -0.05) is 18.2 Å². The van der Waals surface area contributed by atoms with Crippen molar-refractivity contribution in [2.75, 3.05) is 0 Å². The summed E-state index contributed by atoms with van der Waals surface area (Å²) >= 11 is 0. The molecular weight excluding hydrogens is 256 g/mol. The molecule has 2 rings (SSSR count). The molecule has 2 amide bonds. The van der Waals surface area contributed by atoms with Crippen LogP contribution < -0.4 is 10.9 Å². The summed E-state index contributed by atoms with van der Waals surface area (Å²) in [5.41, 5.74) is 6.01. The van der Waals surface area contributed by atoms with Crippen LogP contribution in [0.1, 0.15) is 21.7 Å². The molecular formula is C15H14N2O3. The first-order valence-electron chi connectivity index (χ1n) is 6.04. The van der Waals surface area contributed by atoms with Gasteiger partial charge in [0.25, 0.3) is 11.8 Å². The maximum Gasteiger partial charge on any atom is 0.269 e. The molecule has 0 unspecified atom stereocenters. The number of hydrogen-bond acceptors (Lipinski definition) is 3. The van der Waals surface area contributed by atoms with Crippen molar-refractivity contribution >= 4 is 17.9 Å². The molecule has 0 spiro atoms. The molecule has 0 aliphatic carbocycles. The molecule has 0 atom stereocenters. The number of benzene rings is 1. The Labute approximate surface area is 116 Å². The monoisotopic (exact) mass is 270 g/mol. The van der Waals surface area contributed by atoms with Crippen LogP contribution in [0.3, 0.4) is 0 Å². The Morgan fingerprint density at radius 2 is 1.90 bits per heavy atom. The van der Waals surface area contributed by atoms with E-state index in [0.29, 0.717) is 11.3 Å². The van der Waals surface area contributed by atoms with Crippen LogP contribution in [-0.4, -0.2) is 11.8 Å². The second-order valence-electron chi connectivity index (χ2n) is 4.11. The van der Waals surface area contributed by atoms with Gasteiger partial charge in [0.2, 0.25) is 0 Å². The highest BCUT2D eigenvalue weighted by Gasteiger charge is 2.07. The number of aryl methyl sites for hydroxylation is 1. The van der Waals surface area contributed by atoms with Gasteiger partial charge in [0.05, 0.1) is 6.26 Å². The average Bonchev–Trinajstić information content (AvgIpc) is 2.96. The minimum absolute atomic E-state index is 0.358. The normalized spacial score (nSPS) is 10.4. The van der Waals surface area contributed by atoms with E-state index in [1.165, 1.54) is 18.4 Å². The van der Waals surface area contributed by atoms with Crippen LogP contribution >= 0.6 is 0 Å². The third-order valence-electron chi connectivity index (χ3n) is 2.63. The van der Waals surface area contributed by atoms with Gasteiger partial charge in [-0.15, -0.1) is 0 Å². The molecule has 1 aromatic heterocycles. The van der Waals surface area contributed by atoms with E-state index >= 15 is 0 Å². The fourth-order valence-corrected chi connectivity index (χ4v) is 1.60. The summed E-state index contributed by atoms with van der Waals surface area (Å²) in [6.07, 6.45) is 4.30. The van der Waals surface area contributed by atoms with Crippen molar-refractivity contribution in [3.8, 4) is 0 Å². The molecule has 0 saturated heterocycles. The molecule has 0 bridgehead atoms. The molecule has 1 aromatic carbocycles. The first kappa shape index (κ1) is 13.6. The average molecular weight is 270 g/mol. The van der Waals surface area contributed by atoms with Crippen molar-refractivity contribution in [1.29, 1.82) is 0 Å². The van der Waals surface area contributed by atoms with Gasteiger partial charge in [0.1, 0.15) is 5.76 Å². The van der Waals surface area contributed by atoms with Crippen LogP contribution in [0.25, 0.3) is 6.08 Å². The van der Waals surface area contributed by atoms with E-state index in [4.69, 9.17) is 4.42 Å². The maximum absolute atomic E-state index is 11.8. The predicted molar refractivity (Wildman–Crippen MR) is 74.5 cm³/mol. The van der Waals surface area contributed by atoms with Gasteiger partial charge in [0.15, 0.2) is 0 Å². The third-order valence-corrected chi connectivity index (χ3v) is 2.63. The van der Waals surface area contributed by atoms with Crippen molar-refractivity contribution in [1.82, 2.24) is 10.9 Å². The lowest BCUT2D eigenvalue weighted by Crippen LogP contribution is -2.41. The summed E-state index contributed by atoms with van der Waals surface area (Å²) in [7, 11) is 0. The molecule has 0 saturated carbocycles. The van der Waals surface area contributed by atoms with Gasteiger partial charge in [-0.25, -0.2) is 0 Å².